The van der Waals surface area contributed by atoms with Crippen LogP contribution in [0.3, 0.4) is 0 Å². The van der Waals surface area contributed by atoms with Crippen LogP contribution in [0.5, 0.6) is 0 Å². The maximum atomic E-state index is 12.6. The van der Waals surface area contributed by atoms with Crippen molar-refractivity contribution >= 4 is 28.3 Å². The van der Waals surface area contributed by atoms with Crippen molar-refractivity contribution in [2.24, 2.45) is 5.92 Å². The molecule has 3 aromatic rings. The number of rotatable bonds is 3. The van der Waals surface area contributed by atoms with Gasteiger partial charge in [-0.1, -0.05) is 19.1 Å². The van der Waals surface area contributed by atoms with E-state index in [2.05, 4.69) is 50.9 Å². The Kier molecular flexibility index (Phi) is 4.62. The summed E-state index contributed by atoms with van der Waals surface area (Å²) in [5.74, 6) is 0.834. The van der Waals surface area contributed by atoms with Crippen molar-refractivity contribution in [1.29, 1.82) is 0 Å². The van der Waals surface area contributed by atoms with Crippen molar-refractivity contribution in [2.75, 3.05) is 23.3 Å². The second-order valence-electron chi connectivity index (χ2n) is 8.38. The van der Waals surface area contributed by atoms with Crippen molar-refractivity contribution in [1.82, 2.24) is 15.5 Å². The first-order valence-corrected chi connectivity index (χ1v) is 10.5. The number of carbonyl (C=O) groups excluding carboxylic acids is 1. The first kappa shape index (κ1) is 18.0. The lowest BCUT2D eigenvalue weighted by Gasteiger charge is -2.32. The summed E-state index contributed by atoms with van der Waals surface area (Å²) in [5, 5.41) is 14.0. The van der Waals surface area contributed by atoms with Crippen LogP contribution < -0.4 is 15.5 Å². The number of amides is 2. The molecule has 29 heavy (non-hydrogen) atoms. The van der Waals surface area contributed by atoms with Gasteiger partial charge in [0.15, 0.2) is 0 Å². The quantitative estimate of drug-likeness (QED) is 0.612. The smallest absolute Gasteiger partial charge is 0.319 e. The highest BCUT2D eigenvalue weighted by Crippen LogP contribution is 2.35. The molecule has 2 heterocycles. The molecular formula is C23H27N5O. The molecule has 2 amide bonds. The van der Waals surface area contributed by atoms with Gasteiger partial charge in [0.1, 0.15) is 0 Å². The summed E-state index contributed by atoms with van der Waals surface area (Å²) >= 11 is 0. The van der Waals surface area contributed by atoms with Crippen LogP contribution in [0.15, 0.2) is 42.6 Å². The summed E-state index contributed by atoms with van der Waals surface area (Å²) in [6, 6.07) is 12.4. The number of nitrogens with zero attached hydrogens (tertiary/aromatic N) is 2. The Hall–Kier alpha value is -3.02. The Morgan fingerprint density at radius 2 is 2.03 bits per heavy atom. The molecule has 1 saturated heterocycles. The van der Waals surface area contributed by atoms with Crippen molar-refractivity contribution in [3.05, 3.63) is 53.7 Å². The molecule has 2 aliphatic rings. The fourth-order valence-electron chi connectivity index (χ4n) is 4.61. The Labute approximate surface area is 170 Å². The lowest BCUT2D eigenvalue weighted by molar-refractivity contribution is 0.248. The number of benzene rings is 2. The number of H-pyrrole nitrogens is 1. The van der Waals surface area contributed by atoms with Gasteiger partial charge in [0.2, 0.25) is 0 Å². The Morgan fingerprint density at radius 1 is 1.17 bits per heavy atom. The minimum atomic E-state index is -0.175. The Balaban J connectivity index is 1.27. The maximum Gasteiger partial charge on any atom is 0.319 e. The number of nitrogens with one attached hydrogen (secondary N) is 3. The number of piperidine rings is 1. The van der Waals surface area contributed by atoms with Gasteiger partial charge < -0.3 is 15.5 Å². The summed E-state index contributed by atoms with van der Waals surface area (Å²) < 4.78 is 0. The Bertz CT molecular complexity index is 1030. The van der Waals surface area contributed by atoms with Crippen LogP contribution >= 0.6 is 0 Å². The number of hydrogen-bond donors (Lipinski definition) is 3. The van der Waals surface area contributed by atoms with Crippen LogP contribution in [0.4, 0.5) is 16.2 Å². The molecule has 1 fully saturated rings. The van der Waals surface area contributed by atoms with E-state index in [1.54, 1.807) is 6.20 Å². The molecule has 2 aromatic carbocycles. The molecule has 1 aliphatic carbocycles. The van der Waals surface area contributed by atoms with Crippen LogP contribution in [0, 0.1) is 5.92 Å². The number of hydrogen-bond acceptors (Lipinski definition) is 3. The fraction of sp³-hybridized carbons (Fsp3) is 0.391. The summed E-state index contributed by atoms with van der Waals surface area (Å²) in [7, 11) is 0. The second-order valence-corrected chi connectivity index (χ2v) is 8.38. The molecule has 150 valence electrons. The third-order valence-electron chi connectivity index (χ3n) is 6.39. The minimum Gasteiger partial charge on any atom is -0.372 e. The first-order chi connectivity index (χ1) is 14.2. The summed E-state index contributed by atoms with van der Waals surface area (Å²) in [6.45, 7) is 4.63. The molecule has 6 heteroatoms. The van der Waals surface area contributed by atoms with E-state index < -0.39 is 0 Å². The van der Waals surface area contributed by atoms with Crippen LogP contribution in [0.25, 0.3) is 10.9 Å². The van der Waals surface area contributed by atoms with Gasteiger partial charge in [-0.25, -0.2) is 4.79 Å². The average molecular weight is 390 g/mol. The molecule has 1 aromatic heterocycles. The number of aryl methyl sites for hydroxylation is 1. The zero-order chi connectivity index (χ0) is 19.8. The van der Waals surface area contributed by atoms with Gasteiger partial charge in [0, 0.05) is 24.2 Å². The molecule has 5 rings (SSSR count). The lowest BCUT2D eigenvalue weighted by atomic mass is 9.98. The van der Waals surface area contributed by atoms with Gasteiger partial charge in [0.25, 0.3) is 0 Å². The van der Waals surface area contributed by atoms with E-state index in [1.165, 1.54) is 29.7 Å². The molecule has 1 aliphatic heterocycles. The average Bonchev–Trinajstić information content (AvgIpc) is 3.36. The second kappa shape index (κ2) is 7.43. The highest BCUT2D eigenvalue weighted by Gasteiger charge is 2.25. The van der Waals surface area contributed by atoms with Crippen molar-refractivity contribution < 1.29 is 4.79 Å². The van der Waals surface area contributed by atoms with Gasteiger partial charge in [0.05, 0.1) is 23.4 Å². The molecule has 1 atom stereocenters. The molecule has 6 nitrogen and oxygen atoms in total. The third-order valence-corrected chi connectivity index (χ3v) is 6.39. The van der Waals surface area contributed by atoms with Crippen LogP contribution in [-0.2, 0) is 6.42 Å². The summed E-state index contributed by atoms with van der Waals surface area (Å²) in [6.07, 6.45) is 6.23. The van der Waals surface area contributed by atoms with Gasteiger partial charge in [-0.2, -0.15) is 5.10 Å². The SMILES string of the molecule is CC1CCN(c2ccc3c(c2)CCC3NC(=O)Nc2cccc3[nH]ncc23)CC1. The Morgan fingerprint density at radius 3 is 2.90 bits per heavy atom. The van der Waals surface area contributed by atoms with Gasteiger partial charge in [-0.3, -0.25) is 5.10 Å². The molecular weight excluding hydrogens is 362 g/mol. The predicted octanol–water partition coefficient (Wildman–Crippen LogP) is 4.61. The van der Waals surface area contributed by atoms with Crippen LogP contribution in [0.1, 0.15) is 43.4 Å². The zero-order valence-corrected chi connectivity index (χ0v) is 16.7. The maximum absolute atomic E-state index is 12.6. The van der Waals surface area contributed by atoms with E-state index in [4.69, 9.17) is 0 Å². The van der Waals surface area contributed by atoms with Crippen molar-refractivity contribution in [3.8, 4) is 0 Å². The third kappa shape index (κ3) is 3.55. The van der Waals surface area contributed by atoms with Crippen LogP contribution in [0.2, 0.25) is 0 Å². The standard InChI is InChI=1S/C23H27N5O/c1-15-9-11-28(12-10-15)17-6-7-18-16(13-17)5-8-21(18)26-23(29)25-20-3-2-4-22-19(20)14-24-27-22/h2-4,6-7,13-15,21H,5,8-12H2,1H3,(H,24,27)(H2,25,26,29). The number of fused-ring (bicyclic) bond motifs is 2. The molecule has 0 bridgehead atoms. The van der Waals surface area contributed by atoms with Gasteiger partial charge in [-0.05, 0) is 67.0 Å². The number of aromatic nitrogens is 2. The largest absolute Gasteiger partial charge is 0.372 e. The summed E-state index contributed by atoms with van der Waals surface area (Å²) in [4.78, 5) is 15.1. The minimum absolute atomic E-state index is 0.0592. The molecule has 3 N–H and O–H groups in total. The monoisotopic (exact) mass is 389 g/mol. The molecule has 1 unspecified atom stereocenters. The van der Waals surface area contributed by atoms with E-state index in [9.17, 15) is 4.79 Å². The van der Waals surface area contributed by atoms with Crippen LogP contribution in [-0.4, -0.2) is 29.3 Å². The fourth-order valence-corrected chi connectivity index (χ4v) is 4.61. The predicted molar refractivity (Wildman–Crippen MR) is 116 cm³/mol. The number of anilines is 2. The van der Waals surface area contributed by atoms with Gasteiger partial charge >= 0.3 is 6.03 Å². The highest BCUT2D eigenvalue weighted by molar-refractivity contribution is 6.00. The molecule has 0 saturated carbocycles. The number of aromatic amines is 1. The highest BCUT2D eigenvalue weighted by atomic mass is 16.2. The zero-order valence-electron chi connectivity index (χ0n) is 16.7. The van der Waals surface area contributed by atoms with E-state index in [1.807, 2.05) is 18.2 Å². The number of urea groups is 1. The number of carbonyl (C=O) groups is 1. The van der Waals surface area contributed by atoms with Crippen molar-refractivity contribution in [3.63, 3.8) is 0 Å². The topological polar surface area (TPSA) is 73.1 Å². The van der Waals surface area contributed by atoms with E-state index >= 15 is 0 Å². The molecule has 0 spiro atoms. The lowest BCUT2D eigenvalue weighted by Crippen LogP contribution is -2.33. The van der Waals surface area contributed by atoms with Crippen molar-refractivity contribution in [2.45, 2.75) is 38.6 Å². The first-order valence-electron chi connectivity index (χ1n) is 10.5. The summed E-state index contributed by atoms with van der Waals surface area (Å²) in [5.41, 5.74) is 5.61. The van der Waals surface area contributed by atoms with E-state index in [-0.39, 0.29) is 12.1 Å². The van der Waals surface area contributed by atoms with E-state index in [0.717, 1.165) is 48.4 Å². The normalized spacial score (nSPS) is 19.3. The van der Waals surface area contributed by atoms with E-state index in [0.29, 0.717) is 0 Å². The van der Waals surface area contributed by atoms with Gasteiger partial charge in [-0.15, -0.1) is 0 Å². The molecule has 0 radical (unpaired) electrons.